The largest absolute Gasteiger partial charge is 0.237 e. The molecule has 0 aromatic rings. The molecule has 0 N–H and O–H groups in total. The minimum Gasteiger partial charge on any atom is -0.237 e. The zero-order valence-electron chi connectivity index (χ0n) is 4.52. The minimum absolute atomic E-state index is 0.431. The summed E-state index contributed by atoms with van der Waals surface area (Å²) >= 11 is 0. The summed E-state index contributed by atoms with van der Waals surface area (Å²) in [7, 11) is 0. The van der Waals surface area contributed by atoms with E-state index in [1.807, 2.05) is 6.92 Å². The molecule has 0 amide bonds. The Balaban J connectivity index is 1.80. The first-order chi connectivity index (χ1) is 3.43. The Labute approximate surface area is 43.3 Å². The molecule has 42 valence electrons. The zero-order chi connectivity index (χ0) is 5.11. The topological polar surface area (TPSA) is 18.5 Å². The zero-order valence-corrected chi connectivity index (χ0v) is 4.52. The molecule has 0 aliphatic heterocycles. The highest BCUT2D eigenvalue weighted by molar-refractivity contribution is 4.70. The van der Waals surface area contributed by atoms with Gasteiger partial charge in [0.25, 0.3) is 0 Å². The predicted octanol–water partition coefficient (Wildman–Crippen LogP) is 1.12. The fourth-order valence-electron chi connectivity index (χ4n) is 0.329. The molecule has 0 spiro atoms. The van der Waals surface area contributed by atoms with Gasteiger partial charge in [0.05, 0.1) is 12.7 Å². The first kappa shape index (κ1) is 5.06. The Morgan fingerprint density at radius 2 is 2.29 bits per heavy atom. The van der Waals surface area contributed by atoms with Gasteiger partial charge in [0.15, 0.2) is 0 Å². The third kappa shape index (κ3) is 1.90. The summed E-state index contributed by atoms with van der Waals surface area (Å²) < 4.78 is 0. The molecule has 0 aromatic heterocycles. The van der Waals surface area contributed by atoms with Crippen molar-refractivity contribution < 1.29 is 9.78 Å². The van der Waals surface area contributed by atoms with Crippen molar-refractivity contribution in [2.75, 3.05) is 6.61 Å². The molecule has 1 saturated carbocycles. The Bertz CT molecular complexity index is 50.0. The molecule has 0 saturated heterocycles. The molecule has 2 nitrogen and oxygen atoms in total. The molecule has 0 radical (unpaired) electrons. The van der Waals surface area contributed by atoms with Gasteiger partial charge in [-0.05, 0) is 19.8 Å². The molecule has 1 aliphatic carbocycles. The van der Waals surface area contributed by atoms with E-state index in [-0.39, 0.29) is 0 Å². The van der Waals surface area contributed by atoms with Crippen LogP contribution in [-0.4, -0.2) is 12.7 Å². The highest BCUT2D eigenvalue weighted by atomic mass is 17.2. The van der Waals surface area contributed by atoms with Crippen LogP contribution in [-0.2, 0) is 9.78 Å². The lowest BCUT2D eigenvalue weighted by Crippen LogP contribution is -1.93. The Morgan fingerprint density at radius 1 is 1.57 bits per heavy atom. The van der Waals surface area contributed by atoms with Crippen molar-refractivity contribution in [2.45, 2.75) is 25.9 Å². The van der Waals surface area contributed by atoms with Crippen LogP contribution in [0.1, 0.15) is 19.8 Å². The molecule has 0 bridgehead atoms. The van der Waals surface area contributed by atoms with Crippen LogP contribution >= 0.6 is 0 Å². The summed E-state index contributed by atoms with van der Waals surface area (Å²) in [6.45, 7) is 2.58. The average Bonchev–Trinajstić information content (AvgIpc) is 2.42. The first-order valence-corrected chi connectivity index (χ1v) is 2.71. The second kappa shape index (κ2) is 2.28. The number of rotatable bonds is 3. The van der Waals surface area contributed by atoms with Gasteiger partial charge in [-0.1, -0.05) is 0 Å². The smallest absolute Gasteiger partial charge is 0.0932 e. The van der Waals surface area contributed by atoms with Crippen LogP contribution in [0.25, 0.3) is 0 Å². The maximum absolute atomic E-state index is 4.80. The van der Waals surface area contributed by atoms with E-state index in [1.54, 1.807) is 0 Å². The maximum atomic E-state index is 4.80. The van der Waals surface area contributed by atoms with Gasteiger partial charge in [-0.25, -0.2) is 9.78 Å². The van der Waals surface area contributed by atoms with E-state index in [0.717, 1.165) is 0 Å². The fraction of sp³-hybridized carbons (Fsp3) is 1.00. The van der Waals surface area contributed by atoms with Gasteiger partial charge in [0.2, 0.25) is 0 Å². The highest BCUT2D eigenvalue weighted by Crippen LogP contribution is 2.23. The lowest BCUT2D eigenvalue weighted by Gasteiger charge is -1.94. The Morgan fingerprint density at radius 3 is 2.71 bits per heavy atom. The Hall–Kier alpha value is -0.0800. The third-order valence-electron chi connectivity index (χ3n) is 0.846. The minimum atomic E-state index is 0.431. The molecular weight excluding hydrogens is 92.1 g/mol. The maximum Gasteiger partial charge on any atom is 0.0932 e. The van der Waals surface area contributed by atoms with E-state index in [1.165, 1.54) is 12.8 Å². The van der Waals surface area contributed by atoms with Crippen molar-refractivity contribution in [1.29, 1.82) is 0 Å². The van der Waals surface area contributed by atoms with Crippen LogP contribution in [0.4, 0.5) is 0 Å². The molecule has 0 atom stereocenters. The monoisotopic (exact) mass is 102 g/mol. The molecule has 0 unspecified atom stereocenters. The fourth-order valence-corrected chi connectivity index (χ4v) is 0.329. The quantitative estimate of drug-likeness (QED) is 0.392. The Kier molecular flexibility index (Phi) is 1.65. The lowest BCUT2D eigenvalue weighted by atomic mass is 10.9. The summed E-state index contributed by atoms with van der Waals surface area (Å²) in [5, 5.41) is 0. The van der Waals surface area contributed by atoms with Crippen LogP contribution in [0.3, 0.4) is 0 Å². The molecule has 0 aromatic carbocycles. The van der Waals surface area contributed by atoms with Crippen molar-refractivity contribution in [2.24, 2.45) is 0 Å². The second-order valence-corrected chi connectivity index (χ2v) is 1.70. The third-order valence-corrected chi connectivity index (χ3v) is 0.846. The van der Waals surface area contributed by atoms with Gasteiger partial charge in [-0.3, -0.25) is 0 Å². The van der Waals surface area contributed by atoms with Gasteiger partial charge in [-0.15, -0.1) is 0 Å². The molecular formula is C5H10O2. The molecule has 0 heterocycles. The van der Waals surface area contributed by atoms with E-state index in [4.69, 9.17) is 4.89 Å². The summed E-state index contributed by atoms with van der Waals surface area (Å²) in [6, 6.07) is 0. The van der Waals surface area contributed by atoms with E-state index in [9.17, 15) is 0 Å². The van der Waals surface area contributed by atoms with E-state index < -0.39 is 0 Å². The normalized spacial score (nSPS) is 20.1. The van der Waals surface area contributed by atoms with Crippen LogP contribution in [0.15, 0.2) is 0 Å². The van der Waals surface area contributed by atoms with Crippen molar-refractivity contribution in [1.82, 2.24) is 0 Å². The lowest BCUT2D eigenvalue weighted by molar-refractivity contribution is -0.299. The molecule has 7 heavy (non-hydrogen) atoms. The molecule has 1 fully saturated rings. The van der Waals surface area contributed by atoms with Crippen LogP contribution < -0.4 is 0 Å². The summed E-state index contributed by atoms with van der Waals surface area (Å²) in [6.07, 6.45) is 2.79. The van der Waals surface area contributed by atoms with E-state index in [0.29, 0.717) is 12.7 Å². The number of hydrogen-bond acceptors (Lipinski definition) is 2. The molecule has 2 heteroatoms. The van der Waals surface area contributed by atoms with Gasteiger partial charge in [0, 0.05) is 0 Å². The van der Waals surface area contributed by atoms with Gasteiger partial charge in [-0.2, -0.15) is 0 Å². The summed E-state index contributed by atoms with van der Waals surface area (Å²) in [4.78, 5) is 9.46. The van der Waals surface area contributed by atoms with Crippen molar-refractivity contribution in [3.63, 3.8) is 0 Å². The first-order valence-electron chi connectivity index (χ1n) is 2.71. The van der Waals surface area contributed by atoms with Crippen LogP contribution in [0.5, 0.6) is 0 Å². The molecule has 1 aliphatic rings. The van der Waals surface area contributed by atoms with Crippen LogP contribution in [0, 0.1) is 0 Å². The van der Waals surface area contributed by atoms with Gasteiger partial charge >= 0.3 is 0 Å². The van der Waals surface area contributed by atoms with Gasteiger partial charge in [0.1, 0.15) is 0 Å². The van der Waals surface area contributed by atoms with Gasteiger partial charge < -0.3 is 0 Å². The van der Waals surface area contributed by atoms with E-state index in [2.05, 4.69) is 4.89 Å². The summed E-state index contributed by atoms with van der Waals surface area (Å²) in [5.41, 5.74) is 0. The standard InChI is InChI=1S/C5H10O2/c1-2-6-7-5-3-4-5/h5H,2-4H2,1H3. The predicted molar refractivity (Wildman–Crippen MR) is 25.7 cm³/mol. The second-order valence-electron chi connectivity index (χ2n) is 1.70. The van der Waals surface area contributed by atoms with Crippen LogP contribution in [0.2, 0.25) is 0 Å². The average molecular weight is 102 g/mol. The van der Waals surface area contributed by atoms with E-state index >= 15 is 0 Å². The van der Waals surface area contributed by atoms with Crippen molar-refractivity contribution in [3.05, 3.63) is 0 Å². The molecule has 1 rings (SSSR count). The summed E-state index contributed by atoms with van der Waals surface area (Å²) in [5.74, 6) is 0. The highest BCUT2D eigenvalue weighted by Gasteiger charge is 2.22. The van der Waals surface area contributed by atoms with Crippen molar-refractivity contribution >= 4 is 0 Å². The SMILES string of the molecule is CCOOC1CC1. The van der Waals surface area contributed by atoms with Crippen molar-refractivity contribution in [3.8, 4) is 0 Å². The number of hydrogen-bond donors (Lipinski definition) is 0.